The Hall–Kier alpha value is -1.50. The maximum Gasteiger partial charge on any atom is 0.416 e. The molecule has 4 nitrogen and oxygen atoms in total. The molecule has 4 N–H and O–H groups in total. The van der Waals surface area contributed by atoms with E-state index in [1.807, 2.05) is 0 Å². The molecule has 1 unspecified atom stereocenters. The second-order valence-corrected chi connectivity index (χ2v) is 5.54. The van der Waals surface area contributed by atoms with Gasteiger partial charge in [-0.2, -0.15) is 13.2 Å². The second-order valence-electron chi connectivity index (χ2n) is 5.54. The zero-order valence-electron chi connectivity index (χ0n) is 10.8. The van der Waals surface area contributed by atoms with Gasteiger partial charge in [0.2, 0.25) is 0 Å². The number of nitrogens with two attached hydrogens (primary N) is 1. The first-order chi connectivity index (χ1) is 8.72. The summed E-state index contributed by atoms with van der Waals surface area (Å²) in [5, 5.41) is 2.94. The van der Waals surface area contributed by atoms with Crippen LogP contribution in [0, 0.1) is 11.3 Å². The summed E-state index contributed by atoms with van der Waals surface area (Å²) in [6.07, 6.45) is -3.34. The van der Waals surface area contributed by atoms with Gasteiger partial charge in [-0.15, -0.1) is 0 Å². The van der Waals surface area contributed by atoms with E-state index in [0.29, 0.717) is 12.5 Å². The molecule has 1 heterocycles. The Labute approximate surface area is 109 Å². The van der Waals surface area contributed by atoms with Crippen molar-refractivity contribution in [2.45, 2.75) is 26.4 Å². The number of rotatable bonds is 4. The molecular weight excluding hydrogens is 257 g/mol. The molecule has 1 atom stereocenters. The minimum Gasteiger partial charge on any atom is -0.370 e. The Morgan fingerprint density at radius 3 is 2.42 bits per heavy atom. The molecule has 19 heavy (non-hydrogen) atoms. The number of hydrogen-bond donors (Lipinski definition) is 3. The molecule has 0 amide bonds. The van der Waals surface area contributed by atoms with E-state index in [4.69, 9.17) is 5.84 Å². The molecule has 0 radical (unpaired) electrons. The van der Waals surface area contributed by atoms with Gasteiger partial charge in [-0.3, -0.25) is 0 Å². The summed E-state index contributed by atoms with van der Waals surface area (Å²) >= 11 is 0. The zero-order chi connectivity index (χ0) is 14.3. The summed E-state index contributed by atoms with van der Waals surface area (Å²) in [6.45, 7) is 4.88. The predicted octanol–water partition coefficient (Wildman–Crippen LogP) is 2.84. The van der Waals surface area contributed by atoms with Crippen molar-refractivity contribution in [2.75, 3.05) is 17.3 Å². The minimum atomic E-state index is -4.41. The molecule has 0 aromatic carbocycles. The topological polar surface area (TPSA) is 63.0 Å². The summed E-state index contributed by atoms with van der Waals surface area (Å²) in [5.74, 6) is 5.78. The first-order valence-corrected chi connectivity index (χ1v) is 6.02. The van der Waals surface area contributed by atoms with E-state index in [1.165, 1.54) is 0 Å². The van der Waals surface area contributed by atoms with Gasteiger partial charge in [-0.05, 0) is 29.9 Å². The van der Waals surface area contributed by atoms with Gasteiger partial charge in [0, 0.05) is 6.54 Å². The summed E-state index contributed by atoms with van der Waals surface area (Å²) in [6, 6.07) is 1.88. The van der Waals surface area contributed by atoms with Crippen LogP contribution in [0.5, 0.6) is 0 Å². The number of pyridine rings is 1. The fraction of sp³-hybridized carbons (Fsp3) is 0.583. The van der Waals surface area contributed by atoms with E-state index in [0.717, 1.165) is 18.6 Å². The van der Waals surface area contributed by atoms with E-state index in [-0.39, 0.29) is 17.1 Å². The molecule has 0 aliphatic heterocycles. The SMILES string of the molecule is CC1(C)CC1CNc1cc(C(F)(F)F)cc(NN)n1. The number of alkyl halides is 3. The molecule has 1 aliphatic rings. The third kappa shape index (κ3) is 3.28. The van der Waals surface area contributed by atoms with Crippen molar-refractivity contribution in [3.8, 4) is 0 Å². The molecule has 1 aromatic heterocycles. The third-order valence-electron chi connectivity index (χ3n) is 3.55. The maximum atomic E-state index is 12.7. The van der Waals surface area contributed by atoms with Crippen LogP contribution in [0.15, 0.2) is 12.1 Å². The van der Waals surface area contributed by atoms with Crippen LogP contribution in [0.2, 0.25) is 0 Å². The van der Waals surface area contributed by atoms with Gasteiger partial charge in [-0.1, -0.05) is 13.8 Å². The Morgan fingerprint density at radius 2 is 1.95 bits per heavy atom. The van der Waals surface area contributed by atoms with E-state index in [9.17, 15) is 13.2 Å². The first kappa shape index (κ1) is 13.9. The number of anilines is 2. The summed E-state index contributed by atoms with van der Waals surface area (Å²) in [4.78, 5) is 3.97. The fourth-order valence-electron chi connectivity index (χ4n) is 2.01. The maximum absolute atomic E-state index is 12.7. The van der Waals surface area contributed by atoms with Gasteiger partial charge in [0.15, 0.2) is 0 Å². The molecule has 1 aromatic rings. The molecule has 0 saturated heterocycles. The Morgan fingerprint density at radius 1 is 1.37 bits per heavy atom. The lowest BCUT2D eigenvalue weighted by Crippen LogP contribution is -2.15. The van der Waals surface area contributed by atoms with Crippen LogP contribution in [-0.2, 0) is 6.18 Å². The number of nitrogen functional groups attached to an aromatic ring is 1. The highest BCUT2D eigenvalue weighted by molar-refractivity contribution is 5.49. The average Bonchev–Trinajstić information content (AvgIpc) is 2.93. The van der Waals surface area contributed by atoms with E-state index in [2.05, 4.69) is 29.6 Å². The van der Waals surface area contributed by atoms with E-state index >= 15 is 0 Å². The minimum absolute atomic E-state index is 0.00705. The van der Waals surface area contributed by atoms with Gasteiger partial charge >= 0.3 is 6.18 Å². The number of hydrazine groups is 1. The smallest absolute Gasteiger partial charge is 0.370 e. The third-order valence-corrected chi connectivity index (χ3v) is 3.55. The number of halogens is 3. The van der Waals surface area contributed by atoms with Gasteiger partial charge < -0.3 is 10.7 Å². The standard InChI is InChI=1S/C12H17F3N4/c1-11(2)5-8(11)6-17-9-3-7(12(13,14)15)4-10(18-9)19-16/h3-4,8H,5-6,16H2,1-2H3,(H2,17,18,19). The van der Waals surface area contributed by atoms with Gasteiger partial charge in [0.25, 0.3) is 0 Å². The molecule has 7 heteroatoms. The van der Waals surface area contributed by atoms with Crippen molar-refractivity contribution in [1.29, 1.82) is 0 Å². The molecule has 106 valence electrons. The van der Waals surface area contributed by atoms with Gasteiger partial charge in [-0.25, -0.2) is 10.8 Å². The van der Waals surface area contributed by atoms with Crippen molar-refractivity contribution in [3.63, 3.8) is 0 Å². The van der Waals surface area contributed by atoms with Crippen molar-refractivity contribution in [1.82, 2.24) is 4.98 Å². The normalized spacial score (nSPS) is 21.1. The van der Waals surface area contributed by atoms with Crippen LogP contribution in [0.3, 0.4) is 0 Å². The highest BCUT2D eigenvalue weighted by Crippen LogP contribution is 2.51. The fourth-order valence-corrected chi connectivity index (χ4v) is 2.01. The van der Waals surface area contributed by atoms with Crippen LogP contribution in [-0.4, -0.2) is 11.5 Å². The van der Waals surface area contributed by atoms with E-state index in [1.54, 1.807) is 0 Å². The molecule has 1 fully saturated rings. The molecule has 0 bridgehead atoms. The number of nitrogens with zero attached hydrogens (tertiary/aromatic N) is 1. The monoisotopic (exact) mass is 274 g/mol. The van der Waals surface area contributed by atoms with Gasteiger partial charge in [0.1, 0.15) is 11.6 Å². The molecular formula is C12H17F3N4. The number of aromatic nitrogens is 1. The zero-order valence-corrected chi connectivity index (χ0v) is 10.8. The Bertz CT molecular complexity index is 471. The summed E-state index contributed by atoms with van der Waals surface area (Å²) in [7, 11) is 0. The van der Waals surface area contributed by atoms with Crippen LogP contribution in [0.4, 0.5) is 24.8 Å². The quantitative estimate of drug-likeness (QED) is 0.583. The lowest BCUT2D eigenvalue weighted by atomic mass is 10.1. The second kappa shape index (κ2) is 4.56. The van der Waals surface area contributed by atoms with E-state index < -0.39 is 11.7 Å². The van der Waals surface area contributed by atoms with Crippen LogP contribution >= 0.6 is 0 Å². The van der Waals surface area contributed by atoms with Crippen LogP contribution in [0.25, 0.3) is 0 Å². The lowest BCUT2D eigenvalue weighted by molar-refractivity contribution is -0.137. The van der Waals surface area contributed by atoms with Crippen molar-refractivity contribution in [2.24, 2.45) is 17.2 Å². The predicted molar refractivity (Wildman–Crippen MR) is 67.4 cm³/mol. The summed E-state index contributed by atoms with van der Waals surface area (Å²) < 4.78 is 38.1. The molecule has 1 saturated carbocycles. The van der Waals surface area contributed by atoms with Crippen LogP contribution < -0.4 is 16.6 Å². The molecule has 1 aliphatic carbocycles. The van der Waals surface area contributed by atoms with Crippen molar-refractivity contribution < 1.29 is 13.2 Å². The Kier molecular flexibility index (Phi) is 3.34. The molecule has 0 spiro atoms. The van der Waals surface area contributed by atoms with Crippen molar-refractivity contribution >= 4 is 11.6 Å². The van der Waals surface area contributed by atoms with Gasteiger partial charge in [0.05, 0.1) is 5.56 Å². The van der Waals surface area contributed by atoms with Crippen LogP contribution in [0.1, 0.15) is 25.8 Å². The highest BCUT2D eigenvalue weighted by Gasteiger charge is 2.45. The average molecular weight is 274 g/mol. The largest absolute Gasteiger partial charge is 0.416 e. The first-order valence-electron chi connectivity index (χ1n) is 6.02. The molecule has 2 rings (SSSR count). The van der Waals surface area contributed by atoms with Crippen molar-refractivity contribution in [3.05, 3.63) is 17.7 Å². The lowest BCUT2D eigenvalue weighted by Gasteiger charge is -2.12. The highest BCUT2D eigenvalue weighted by atomic mass is 19.4. The Balaban J connectivity index is 2.11. The summed E-state index contributed by atoms with van der Waals surface area (Å²) in [5.41, 5.74) is 1.65. The number of nitrogens with one attached hydrogen (secondary N) is 2. The number of hydrogen-bond acceptors (Lipinski definition) is 4.